The molecule has 0 bridgehead atoms. The Morgan fingerprint density at radius 2 is 2.08 bits per heavy atom. The summed E-state index contributed by atoms with van der Waals surface area (Å²) in [7, 11) is -3.88. The summed E-state index contributed by atoms with van der Waals surface area (Å²) in [5.41, 5.74) is 1.99. The molecule has 1 aliphatic heterocycles. The van der Waals surface area contributed by atoms with E-state index in [0.29, 0.717) is 5.69 Å². The second kappa shape index (κ2) is 6.61. The fourth-order valence-corrected chi connectivity index (χ4v) is 4.91. The molecule has 0 unspecified atom stereocenters. The molecule has 9 heteroatoms. The third-order valence-electron chi connectivity index (χ3n) is 3.92. The van der Waals surface area contributed by atoms with Crippen LogP contribution in [0, 0.1) is 5.82 Å². The van der Waals surface area contributed by atoms with E-state index in [0.717, 1.165) is 40.8 Å². The Morgan fingerprint density at radius 3 is 2.85 bits per heavy atom. The van der Waals surface area contributed by atoms with Crippen LogP contribution in [0.5, 0.6) is 0 Å². The van der Waals surface area contributed by atoms with Gasteiger partial charge < -0.3 is 4.57 Å². The molecule has 2 heterocycles. The number of nitrogens with one attached hydrogen (secondary N) is 1. The molecule has 134 valence electrons. The highest BCUT2D eigenvalue weighted by Gasteiger charge is 2.18. The van der Waals surface area contributed by atoms with Crippen molar-refractivity contribution in [3.8, 4) is 11.3 Å². The van der Waals surface area contributed by atoms with Gasteiger partial charge in [-0.2, -0.15) is 0 Å². The highest BCUT2D eigenvalue weighted by atomic mass is 35.5. The van der Waals surface area contributed by atoms with Crippen LogP contribution < -0.4 is 4.72 Å². The second-order valence-corrected chi connectivity index (χ2v) is 8.86. The van der Waals surface area contributed by atoms with E-state index in [9.17, 15) is 12.8 Å². The number of aromatic nitrogens is 2. The third kappa shape index (κ3) is 3.32. The molecule has 0 amide bonds. The topological polar surface area (TPSA) is 64.0 Å². The smallest absolute Gasteiger partial charge is 0.261 e. The van der Waals surface area contributed by atoms with Gasteiger partial charge in [0, 0.05) is 29.7 Å². The summed E-state index contributed by atoms with van der Waals surface area (Å²) in [6.07, 6.45) is 1.96. The van der Waals surface area contributed by atoms with E-state index >= 15 is 0 Å². The van der Waals surface area contributed by atoms with Crippen molar-refractivity contribution in [3.63, 3.8) is 0 Å². The number of thioether (sulfide) groups is 1. The lowest BCUT2D eigenvalue weighted by Crippen LogP contribution is -2.13. The maximum atomic E-state index is 13.3. The zero-order valence-electron chi connectivity index (χ0n) is 13.3. The molecule has 0 fully saturated rings. The molecular weight excluding hydrogens is 397 g/mol. The van der Waals surface area contributed by atoms with Gasteiger partial charge in [0.15, 0.2) is 5.16 Å². The van der Waals surface area contributed by atoms with E-state index in [-0.39, 0.29) is 9.92 Å². The van der Waals surface area contributed by atoms with Gasteiger partial charge in [0.25, 0.3) is 10.0 Å². The summed E-state index contributed by atoms with van der Waals surface area (Å²) in [5.74, 6) is 0.348. The van der Waals surface area contributed by atoms with Gasteiger partial charge >= 0.3 is 0 Å². The summed E-state index contributed by atoms with van der Waals surface area (Å²) in [6, 6.07) is 10.3. The third-order valence-corrected chi connectivity index (χ3v) is 6.55. The molecule has 26 heavy (non-hydrogen) atoms. The first kappa shape index (κ1) is 17.4. The maximum Gasteiger partial charge on any atom is 0.261 e. The number of hydrogen-bond donors (Lipinski definition) is 1. The Morgan fingerprint density at radius 1 is 1.23 bits per heavy atom. The standard InChI is InChI=1S/C17H13ClFN3O2S2/c18-14-9-13(4-5-15(14)19)26(23,24)21-12-3-1-2-11(8-12)16-10-22-6-7-25-17(22)20-16/h1-5,8-10,21H,6-7H2. The predicted molar refractivity (Wildman–Crippen MR) is 101 cm³/mol. The Labute approximate surface area is 159 Å². The quantitative estimate of drug-likeness (QED) is 0.699. The predicted octanol–water partition coefficient (Wildman–Crippen LogP) is 4.25. The van der Waals surface area contributed by atoms with E-state index in [1.165, 1.54) is 6.07 Å². The molecule has 0 aliphatic carbocycles. The van der Waals surface area contributed by atoms with Crippen LogP contribution in [0.1, 0.15) is 0 Å². The zero-order chi connectivity index (χ0) is 18.3. The monoisotopic (exact) mass is 409 g/mol. The van der Waals surface area contributed by atoms with Crippen molar-refractivity contribution in [1.82, 2.24) is 9.55 Å². The number of rotatable bonds is 4. The highest BCUT2D eigenvalue weighted by Crippen LogP contribution is 2.30. The summed E-state index contributed by atoms with van der Waals surface area (Å²) < 4.78 is 42.9. The van der Waals surface area contributed by atoms with Crippen molar-refractivity contribution >= 4 is 39.1 Å². The van der Waals surface area contributed by atoms with Gasteiger partial charge in [-0.15, -0.1) is 0 Å². The zero-order valence-corrected chi connectivity index (χ0v) is 15.7. The van der Waals surface area contributed by atoms with E-state index < -0.39 is 15.8 Å². The fraction of sp³-hybridized carbons (Fsp3) is 0.118. The fourth-order valence-electron chi connectivity index (χ4n) is 2.65. The number of halogens is 2. The molecule has 5 nitrogen and oxygen atoms in total. The first-order valence-electron chi connectivity index (χ1n) is 7.71. The summed E-state index contributed by atoms with van der Waals surface area (Å²) in [4.78, 5) is 4.46. The van der Waals surface area contributed by atoms with Crippen LogP contribution in [-0.4, -0.2) is 23.7 Å². The van der Waals surface area contributed by atoms with Gasteiger partial charge in [0.1, 0.15) is 5.82 Å². The summed E-state index contributed by atoms with van der Waals surface area (Å²) >= 11 is 7.38. The van der Waals surface area contributed by atoms with Crippen molar-refractivity contribution < 1.29 is 12.8 Å². The maximum absolute atomic E-state index is 13.3. The number of aryl methyl sites for hydroxylation is 1. The number of fused-ring (bicyclic) bond motifs is 1. The average molecular weight is 410 g/mol. The van der Waals surface area contributed by atoms with Crippen LogP contribution in [0.2, 0.25) is 5.02 Å². The molecule has 1 aliphatic rings. The molecule has 2 aromatic carbocycles. The summed E-state index contributed by atoms with van der Waals surface area (Å²) in [6.45, 7) is 0.921. The molecule has 0 spiro atoms. The van der Waals surface area contributed by atoms with E-state index in [2.05, 4.69) is 14.3 Å². The van der Waals surface area contributed by atoms with E-state index in [1.807, 2.05) is 12.3 Å². The van der Waals surface area contributed by atoms with Crippen LogP contribution in [-0.2, 0) is 16.6 Å². The van der Waals surface area contributed by atoms with Crippen molar-refractivity contribution in [3.05, 3.63) is 59.5 Å². The lowest BCUT2D eigenvalue weighted by Gasteiger charge is -2.09. The van der Waals surface area contributed by atoms with Crippen LogP contribution >= 0.6 is 23.4 Å². The van der Waals surface area contributed by atoms with Crippen LogP contribution in [0.15, 0.2) is 58.7 Å². The van der Waals surface area contributed by atoms with E-state index in [1.54, 1.807) is 30.0 Å². The minimum Gasteiger partial charge on any atom is -0.325 e. The molecule has 1 aromatic heterocycles. The Hall–Kier alpha value is -2.03. The molecule has 0 saturated heterocycles. The largest absolute Gasteiger partial charge is 0.325 e. The molecular formula is C17H13ClFN3O2S2. The van der Waals surface area contributed by atoms with Gasteiger partial charge in [-0.25, -0.2) is 17.8 Å². The number of benzene rings is 2. The average Bonchev–Trinajstić information content (AvgIpc) is 3.19. The minimum atomic E-state index is -3.88. The Kier molecular flexibility index (Phi) is 4.42. The summed E-state index contributed by atoms with van der Waals surface area (Å²) in [5, 5.41) is 0.721. The lowest BCUT2D eigenvalue weighted by atomic mass is 10.1. The number of sulfonamides is 1. The van der Waals surface area contributed by atoms with Crippen molar-refractivity contribution in [2.45, 2.75) is 16.6 Å². The van der Waals surface area contributed by atoms with Gasteiger partial charge in [0.05, 0.1) is 15.6 Å². The number of hydrogen-bond acceptors (Lipinski definition) is 4. The second-order valence-electron chi connectivity index (χ2n) is 5.71. The van der Waals surface area contributed by atoms with Gasteiger partial charge in [-0.3, -0.25) is 4.72 Å². The SMILES string of the molecule is O=S(=O)(Nc1cccc(-c2cn3c(n2)SCC3)c1)c1ccc(F)c(Cl)c1. The number of imidazole rings is 1. The number of nitrogens with zero attached hydrogens (tertiary/aromatic N) is 2. The van der Waals surface area contributed by atoms with Crippen LogP contribution in [0.3, 0.4) is 0 Å². The van der Waals surface area contributed by atoms with Crippen LogP contribution in [0.4, 0.5) is 10.1 Å². The molecule has 0 atom stereocenters. The highest BCUT2D eigenvalue weighted by molar-refractivity contribution is 7.99. The molecule has 4 rings (SSSR count). The van der Waals surface area contributed by atoms with E-state index in [4.69, 9.17) is 11.6 Å². The first-order valence-corrected chi connectivity index (χ1v) is 10.6. The number of anilines is 1. The van der Waals surface area contributed by atoms with Crippen LogP contribution in [0.25, 0.3) is 11.3 Å². The molecule has 0 saturated carbocycles. The lowest BCUT2D eigenvalue weighted by molar-refractivity contribution is 0.599. The van der Waals surface area contributed by atoms with Crippen molar-refractivity contribution in [2.24, 2.45) is 0 Å². The molecule has 3 aromatic rings. The molecule has 1 N–H and O–H groups in total. The molecule has 0 radical (unpaired) electrons. The van der Waals surface area contributed by atoms with Crippen molar-refractivity contribution in [1.29, 1.82) is 0 Å². The minimum absolute atomic E-state index is 0.105. The van der Waals surface area contributed by atoms with Gasteiger partial charge in [0.2, 0.25) is 0 Å². The normalized spacial score (nSPS) is 13.6. The Balaban J connectivity index is 1.62. The Bertz CT molecular complexity index is 1080. The van der Waals surface area contributed by atoms with Gasteiger partial charge in [-0.05, 0) is 30.3 Å². The van der Waals surface area contributed by atoms with Gasteiger partial charge in [-0.1, -0.05) is 35.5 Å². The van der Waals surface area contributed by atoms with Crippen molar-refractivity contribution in [2.75, 3.05) is 10.5 Å². The first-order chi connectivity index (χ1) is 12.4.